The molecule has 0 saturated heterocycles. The Balaban J connectivity index is 2.03. The number of phenolic OH excluding ortho intramolecular Hbond substituents is 2. The Morgan fingerprint density at radius 2 is 1.57 bits per heavy atom. The van der Waals surface area contributed by atoms with E-state index in [1.165, 1.54) is 30.2 Å². The number of aromatic hydroxyl groups is 2. The number of rotatable bonds is 11. The summed E-state index contributed by atoms with van der Waals surface area (Å²) in [7, 11) is 1.54. The molecule has 0 spiro atoms. The minimum Gasteiger partial charge on any atom is -0.508 e. The second-order valence-corrected chi connectivity index (χ2v) is 10.8. The number of benzene rings is 3. The van der Waals surface area contributed by atoms with Crippen molar-refractivity contribution in [1.82, 2.24) is 10.2 Å². The molecule has 2 atom stereocenters. The van der Waals surface area contributed by atoms with Crippen LogP contribution in [-0.2, 0) is 20.7 Å². The zero-order chi connectivity index (χ0) is 30.9. The summed E-state index contributed by atoms with van der Waals surface area (Å²) in [5.41, 5.74) is 0.555. The number of hydrogen-bond acceptors (Lipinski definition) is 7. The van der Waals surface area contributed by atoms with Crippen LogP contribution in [0.5, 0.6) is 17.2 Å². The third-order valence-corrected chi connectivity index (χ3v) is 6.26. The predicted octanol–water partition coefficient (Wildman–Crippen LogP) is 5.16. The number of ether oxygens (including phenoxy) is 2. The van der Waals surface area contributed by atoms with Crippen LogP contribution in [0.4, 0.5) is 10.5 Å². The maximum atomic E-state index is 14.3. The lowest BCUT2D eigenvalue weighted by atomic mass is 9.99. The van der Waals surface area contributed by atoms with E-state index in [9.17, 15) is 24.6 Å². The van der Waals surface area contributed by atoms with Crippen molar-refractivity contribution in [2.45, 2.75) is 58.2 Å². The first-order valence-corrected chi connectivity index (χ1v) is 13.7. The van der Waals surface area contributed by atoms with E-state index in [2.05, 4.69) is 10.6 Å². The van der Waals surface area contributed by atoms with Gasteiger partial charge in [-0.1, -0.05) is 37.3 Å². The molecule has 42 heavy (non-hydrogen) atoms. The van der Waals surface area contributed by atoms with E-state index in [4.69, 9.17) is 9.47 Å². The lowest BCUT2D eigenvalue weighted by molar-refractivity contribution is -0.140. The van der Waals surface area contributed by atoms with Gasteiger partial charge in [-0.05, 0) is 75.2 Å². The standard InChI is InChI=1S/C32H39N3O7/c1-6-19-35(30(39)26(34-31(40)42-32(2,3)4)20-21-11-15-23(36)16-12-21)28(25-9-7-8-10-27(25)37)29(38)33-22-13-17-24(41-5)18-14-22/h7-18,26,28,36-37H,6,19-20H2,1-5H3,(H,33,38)(H,34,40). The first kappa shape index (κ1) is 31.8. The van der Waals surface area contributed by atoms with E-state index >= 15 is 0 Å². The highest BCUT2D eigenvalue weighted by Gasteiger charge is 2.37. The highest BCUT2D eigenvalue weighted by Crippen LogP contribution is 2.31. The third-order valence-electron chi connectivity index (χ3n) is 6.26. The Morgan fingerprint density at radius 3 is 2.14 bits per heavy atom. The average Bonchev–Trinajstić information content (AvgIpc) is 2.93. The molecule has 0 aliphatic carbocycles. The van der Waals surface area contributed by atoms with Crippen molar-refractivity contribution < 1.29 is 34.1 Å². The molecule has 3 amide bonds. The fourth-order valence-corrected chi connectivity index (χ4v) is 4.38. The van der Waals surface area contributed by atoms with E-state index in [0.717, 1.165) is 0 Å². The second-order valence-electron chi connectivity index (χ2n) is 10.8. The molecular weight excluding hydrogens is 538 g/mol. The molecule has 3 aromatic rings. The zero-order valence-corrected chi connectivity index (χ0v) is 24.6. The van der Waals surface area contributed by atoms with Crippen molar-refractivity contribution in [1.29, 1.82) is 0 Å². The summed E-state index contributed by atoms with van der Waals surface area (Å²) in [6.45, 7) is 7.15. The first-order chi connectivity index (χ1) is 19.9. The fourth-order valence-electron chi connectivity index (χ4n) is 4.38. The molecule has 4 N–H and O–H groups in total. The van der Waals surface area contributed by atoms with Crippen LogP contribution in [0.15, 0.2) is 72.8 Å². The number of anilines is 1. The Labute approximate surface area is 246 Å². The summed E-state index contributed by atoms with van der Waals surface area (Å²) in [6, 6.07) is 17.0. The monoisotopic (exact) mass is 577 g/mol. The molecule has 10 nitrogen and oxygen atoms in total. The summed E-state index contributed by atoms with van der Waals surface area (Å²) >= 11 is 0. The van der Waals surface area contributed by atoms with Crippen molar-refractivity contribution in [3.05, 3.63) is 83.9 Å². The van der Waals surface area contributed by atoms with Crippen molar-refractivity contribution in [3.8, 4) is 17.2 Å². The van der Waals surface area contributed by atoms with E-state index in [1.807, 2.05) is 6.92 Å². The largest absolute Gasteiger partial charge is 0.508 e. The molecule has 3 rings (SSSR count). The maximum absolute atomic E-state index is 14.3. The number of alkyl carbamates (subject to hydrolysis) is 1. The molecule has 0 bridgehead atoms. The third kappa shape index (κ3) is 8.89. The lowest BCUT2D eigenvalue weighted by Gasteiger charge is -2.34. The summed E-state index contributed by atoms with van der Waals surface area (Å²) in [6.07, 6.45) is -0.242. The van der Waals surface area contributed by atoms with Gasteiger partial charge in [-0.15, -0.1) is 0 Å². The Morgan fingerprint density at radius 1 is 0.929 bits per heavy atom. The van der Waals surface area contributed by atoms with Crippen LogP contribution in [0.2, 0.25) is 0 Å². The number of carbonyl (C=O) groups is 3. The summed E-state index contributed by atoms with van der Waals surface area (Å²) in [5, 5.41) is 26.0. The van der Waals surface area contributed by atoms with Crippen molar-refractivity contribution in [3.63, 3.8) is 0 Å². The summed E-state index contributed by atoms with van der Waals surface area (Å²) in [5.74, 6) is -0.586. The second kappa shape index (κ2) is 14.2. The van der Waals surface area contributed by atoms with E-state index in [-0.39, 0.29) is 30.0 Å². The predicted molar refractivity (Wildman–Crippen MR) is 159 cm³/mol. The zero-order valence-electron chi connectivity index (χ0n) is 24.6. The highest BCUT2D eigenvalue weighted by molar-refractivity contribution is 5.99. The van der Waals surface area contributed by atoms with Gasteiger partial charge in [-0.2, -0.15) is 0 Å². The van der Waals surface area contributed by atoms with E-state index in [0.29, 0.717) is 23.4 Å². The van der Waals surface area contributed by atoms with Crippen LogP contribution >= 0.6 is 0 Å². The van der Waals surface area contributed by atoms with Crippen LogP contribution in [0.1, 0.15) is 51.3 Å². The summed E-state index contributed by atoms with van der Waals surface area (Å²) < 4.78 is 10.6. The molecule has 0 fully saturated rings. The van der Waals surface area contributed by atoms with Crippen molar-refractivity contribution >= 4 is 23.6 Å². The van der Waals surface area contributed by atoms with Gasteiger partial charge in [0.05, 0.1) is 7.11 Å². The maximum Gasteiger partial charge on any atom is 0.408 e. The highest BCUT2D eigenvalue weighted by atomic mass is 16.6. The number of amides is 3. The van der Waals surface area contributed by atoms with Crippen LogP contribution in [-0.4, -0.2) is 58.3 Å². The summed E-state index contributed by atoms with van der Waals surface area (Å²) in [4.78, 5) is 42.4. The number of para-hydroxylation sites is 1. The molecule has 2 unspecified atom stereocenters. The van der Waals surface area contributed by atoms with E-state index in [1.54, 1.807) is 75.4 Å². The van der Waals surface area contributed by atoms with Crippen LogP contribution in [0.3, 0.4) is 0 Å². The van der Waals surface area contributed by atoms with Gasteiger partial charge in [0.15, 0.2) is 0 Å². The molecule has 0 radical (unpaired) electrons. The number of carbonyl (C=O) groups excluding carboxylic acids is 3. The topological polar surface area (TPSA) is 137 Å². The quantitative estimate of drug-likeness (QED) is 0.247. The van der Waals surface area contributed by atoms with Crippen molar-refractivity contribution in [2.75, 3.05) is 19.0 Å². The van der Waals surface area contributed by atoms with Gasteiger partial charge >= 0.3 is 6.09 Å². The SMILES string of the molecule is CCCN(C(=O)C(Cc1ccc(O)cc1)NC(=O)OC(C)(C)C)C(C(=O)Nc1ccc(OC)cc1)c1ccccc1O. The molecule has 0 heterocycles. The molecule has 10 heteroatoms. The molecule has 0 saturated carbocycles. The molecule has 0 aromatic heterocycles. The molecule has 224 valence electrons. The van der Waals surface area contributed by atoms with Gasteiger partial charge in [-0.3, -0.25) is 9.59 Å². The number of hydrogen-bond donors (Lipinski definition) is 4. The fraction of sp³-hybridized carbons (Fsp3) is 0.344. The number of nitrogens with one attached hydrogen (secondary N) is 2. The molecule has 0 aliphatic rings. The van der Waals surface area contributed by atoms with Gasteiger partial charge in [0, 0.05) is 24.2 Å². The van der Waals surface area contributed by atoms with Crippen LogP contribution < -0.4 is 15.4 Å². The van der Waals surface area contributed by atoms with Crippen molar-refractivity contribution in [2.24, 2.45) is 0 Å². The van der Waals surface area contributed by atoms with Gasteiger partial charge in [-0.25, -0.2) is 4.79 Å². The van der Waals surface area contributed by atoms with Gasteiger partial charge in [0.25, 0.3) is 5.91 Å². The minimum atomic E-state index is -1.23. The minimum absolute atomic E-state index is 0.0594. The smallest absolute Gasteiger partial charge is 0.408 e. The van der Waals surface area contributed by atoms with Gasteiger partial charge < -0.3 is 35.2 Å². The lowest BCUT2D eigenvalue weighted by Crippen LogP contribution is -2.53. The average molecular weight is 578 g/mol. The first-order valence-electron chi connectivity index (χ1n) is 13.7. The van der Waals surface area contributed by atoms with Gasteiger partial charge in [0.2, 0.25) is 5.91 Å². The number of methoxy groups -OCH3 is 1. The van der Waals surface area contributed by atoms with E-state index < -0.39 is 35.6 Å². The molecular formula is C32H39N3O7. The molecule has 0 aliphatic heterocycles. The molecule has 3 aromatic carbocycles. The Kier molecular flexibility index (Phi) is 10.8. The van der Waals surface area contributed by atoms with Crippen LogP contribution in [0, 0.1) is 0 Å². The number of phenols is 2. The Hall–Kier alpha value is -4.73. The van der Waals surface area contributed by atoms with Crippen LogP contribution in [0.25, 0.3) is 0 Å². The Bertz CT molecular complexity index is 1350. The number of nitrogens with zero attached hydrogens (tertiary/aromatic N) is 1. The normalized spacial score (nSPS) is 12.5. The van der Waals surface area contributed by atoms with Gasteiger partial charge in [0.1, 0.15) is 34.9 Å².